The van der Waals surface area contributed by atoms with E-state index in [0.717, 1.165) is 0 Å². The highest BCUT2D eigenvalue weighted by Gasteiger charge is 2.37. The molecule has 1 rings (SSSR count). The first-order valence-corrected chi connectivity index (χ1v) is 7.04. The molecule has 0 unspecified atom stereocenters. The van der Waals surface area contributed by atoms with E-state index in [1.54, 1.807) is 37.8 Å². The Bertz CT molecular complexity index is 514. The molecule has 0 bridgehead atoms. The van der Waals surface area contributed by atoms with Crippen molar-refractivity contribution in [3.63, 3.8) is 0 Å². The van der Waals surface area contributed by atoms with Gasteiger partial charge in [-0.3, -0.25) is 9.59 Å². The summed E-state index contributed by atoms with van der Waals surface area (Å²) in [6, 6.07) is 6.04. The molecule has 0 spiro atoms. The van der Waals surface area contributed by atoms with Gasteiger partial charge in [0.1, 0.15) is 11.2 Å². The topological polar surface area (TPSA) is 46.6 Å². The number of Topliss-reactive ketones (excluding diaryl/α,β-unsaturated/α-hetero) is 1. The Morgan fingerprint density at radius 1 is 1.29 bits per heavy atom. The predicted molar refractivity (Wildman–Crippen MR) is 79.7 cm³/mol. The molecule has 0 atom stereocenters. The maximum Gasteiger partial charge on any atom is 0.319 e. The van der Waals surface area contributed by atoms with Gasteiger partial charge in [-0.05, 0) is 45.9 Å². The number of carbonyl (C=O) groups is 2. The Kier molecular flexibility index (Phi) is 5.88. The molecule has 0 aliphatic heterocycles. The zero-order valence-corrected chi connectivity index (χ0v) is 13.0. The maximum absolute atomic E-state index is 13.3. The third-order valence-corrected chi connectivity index (χ3v) is 3.37. The average Bonchev–Trinajstić information content (AvgIpc) is 2.44. The van der Waals surface area contributed by atoms with Crippen LogP contribution in [0.5, 0.6) is 0 Å². The van der Waals surface area contributed by atoms with Crippen LogP contribution in [-0.4, -0.2) is 31.4 Å². The molecule has 116 valence electrons. The Balaban J connectivity index is 2.86. The molecule has 0 saturated carbocycles. The van der Waals surface area contributed by atoms with Gasteiger partial charge in [-0.25, -0.2) is 4.39 Å². The summed E-state index contributed by atoms with van der Waals surface area (Å²) in [5, 5.41) is 0. The normalized spacial score (nSPS) is 11.1. The zero-order chi connectivity index (χ0) is 16.0. The Morgan fingerprint density at radius 3 is 2.48 bits per heavy atom. The summed E-state index contributed by atoms with van der Waals surface area (Å²) >= 11 is 0. The summed E-state index contributed by atoms with van der Waals surface area (Å²) in [5.74, 6) is -1.15. The number of rotatable bonds is 7. The van der Waals surface area contributed by atoms with Gasteiger partial charge in [0.25, 0.3) is 0 Å². The fourth-order valence-corrected chi connectivity index (χ4v) is 1.85. The van der Waals surface area contributed by atoms with Gasteiger partial charge in [-0.1, -0.05) is 6.07 Å². The van der Waals surface area contributed by atoms with Crippen LogP contribution in [0.1, 0.15) is 27.7 Å². The van der Waals surface area contributed by atoms with Crippen molar-refractivity contribution in [1.82, 2.24) is 0 Å². The summed E-state index contributed by atoms with van der Waals surface area (Å²) in [6.07, 6.45) is 0. The third-order valence-electron chi connectivity index (χ3n) is 3.37. The number of likely N-dealkylation sites (N-methyl/N-ethyl adjacent to an activating group) is 1. The van der Waals surface area contributed by atoms with Crippen LogP contribution in [0.25, 0.3) is 0 Å². The van der Waals surface area contributed by atoms with E-state index in [1.807, 2.05) is 6.92 Å². The third kappa shape index (κ3) is 4.28. The Morgan fingerprint density at radius 2 is 1.95 bits per heavy atom. The van der Waals surface area contributed by atoms with Crippen molar-refractivity contribution < 1.29 is 18.7 Å². The molecular weight excluding hydrogens is 273 g/mol. The molecule has 1 aromatic carbocycles. The second-order valence-corrected chi connectivity index (χ2v) is 5.26. The largest absolute Gasteiger partial charge is 0.465 e. The van der Waals surface area contributed by atoms with Gasteiger partial charge in [0.2, 0.25) is 0 Å². The van der Waals surface area contributed by atoms with Crippen molar-refractivity contribution in [1.29, 1.82) is 0 Å². The molecule has 0 amide bonds. The molecular formula is C16H22FNO3. The molecule has 0 aromatic heterocycles. The lowest BCUT2D eigenvalue weighted by atomic mass is 9.87. The molecule has 0 fully saturated rings. The molecule has 0 N–H and O–H groups in total. The minimum Gasteiger partial charge on any atom is -0.465 e. The van der Waals surface area contributed by atoms with Crippen LogP contribution in [0.3, 0.4) is 0 Å². The number of carbonyl (C=O) groups excluding carboxylic acids is 2. The predicted octanol–water partition coefficient (Wildman–Crippen LogP) is 2.81. The van der Waals surface area contributed by atoms with Gasteiger partial charge in [-0.15, -0.1) is 0 Å². The van der Waals surface area contributed by atoms with Crippen LogP contribution < -0.4 is 4.90 Å². The molecule has 0 radical (unpaired) electrons. The van der Waals surface area contributed by atoms with Crippen LogP contribution >= 0.6 is 0 Å². The zero-order valence-electron chi connectivity index (χ0n) is 13.0. The first-order chi connectivity index (χ1) is 9.82. The van der Waals surface area contributed by atoms with Crippen LogP contribution in [0.4, 0.5) is 10.1 Å². The number of ether oxygens (including phenoxy) is 1. The number of benzene rings is 1. The Hall–Kier alpha value is -1.91. The maximum atomic E-state index is 13.3. The highest BCUT2D eigenvalue weighted by molar-refractivity contribution is 6.04. The summed E-state index contributed by atoms with van der Waals surface area (Å²) in [6.45, 7) is 7.47. The van der Waals surface area contributed by atoms with E-state index in [1.165, 1.54) is 12.1 Å². The SMILES string of the molecule is CCOC(=O)C(C)(C)C(=O)CN(CC)c1cccc(F)c1. The van der Waals surface area contributed by atoms with E-state index in [2.05, 4.69) is 0 Å². The second kappa shape index (κ2) is 7.20. The lowest BCUT2D eigenvalue weighted by Crippen LogP contribution is -2.42. The molecule has 0 aliphatic carbocycles. The molecule has 0 saturated heterocycles. The molecule has 1 aromatic rings. The number of esters is 1. The van der Waals surface area contributed by atoms with Crippen LogP contribution in [-0.2, 0) is 14.3 Å². The fourth-order valence-electron chi connectivity index (χ4n) is 1.85. The van der Waals surface area contributed by atoms with E-state index in [9.17, 15) is 14.0 Å². The highest BCUT2D eigenvalue weighted by Crippen LogP contribution is 2.22. The van der Waals surface area contributed by atoms with E-state index < -0.39 is 11.4 Å². The smallest absolute Gasteiger partial charge is 0.319 e. The minimum atomic E-state index is -1.21. The number of ketones is 1. The second-order valence-electron chi connectivity index (χ2n) is 5.26. The number of nitrogens with zero attached hydrogens (tertiary/aromatic N) is 1. The van der Waals surface area contributed by atoms with E-state index >= 15 is 0 Å². The Labute approximate surface area is 124 Å². The fraction of sp³-hybridized carbons (Fsp3) is 0.500. The van der Waals surface area contributed by atoms with Gasteiger partial charge in [0.15, 0.2) is 5.78 Å². The van der Waals surface area contributed by atoms with Crippen molar-refractivity contribution in [2.45, 2.75) is 27.7 Å². The summed E-state index contributed by atoms with van der Waals surface area (Å²) in [5.41, 5.74) is -0.595. The molecule has 5 heteroatoms. The molecule has 0 heterocycles. The van der Waals surface area contributed by atoms with Crippen molar-refractivity contribution in [2.24, 2.45) is 5.41 Å². The van der Waals surface area contributed by atoms with Crippen molar-refractivity contribution in [3.05, 3.63) is 30.1 Å². The summed E-state index contributed by atoms with van der Waals surface area (Å²) in [4.78, 5) is 25.9. The standard InChI is InChI=1S/C16H22FNO3/c1-5-18(13-9-7-8-12(17)10-13)11-14(19)16(3,4)15(20)21-6-2/h7-10H,5-6,11H2,1-4H3. The molecule has 21 heavy (non-hydrogen) atoms. The van der Waals surface area contributed by atoms with Gasteiger partial charge in [0.05, 0.1) is 13.2 Å². The quantitative estimate of drug-likeness (QED) is 0.573. The van der Waals surface area contributed by atoms with E-state index in [0.29, 0.717) is 12.2 Å². The highest BCUT2D eigenvalue weighted by atomic mass is 19.1. The molecule has 4 nitrogen and oxygen atoms in total. The van der Waals surface area contributed by atoms with Crippen LogP contribution in [0, 0.1) is 11.2 Å². The van der Waals surface area contributed by atoms with Gasteiger partial charge >= 0.3 is 5.97 Å². The molecule has 0 aliphatic rings. The number of halogens is 1. The number of hydrogen-bond donors (Lipinski definition) is 0. The van der Waals surface area contributed by atoms with Crippen LogP contribution in [0.15, 0.2) is 24.3 Å². The average molecular weight is 295 g/mol. The first-order valence-electron chi connectivity index (χ1n) is 7.04. The van der Waals surface area contributed by atoms with E-state index in [4.69, 9.17) is 4.74 Å². The van der Waals surface area contributed by atoms with E-state index in [-0.39, 0.29) is 24.8 Å². The van der Waals surface area contributed by atoms with Gasteiger partial charge in [0, 0.05) is 12.2 Å². The summed E-state index contributed by atoms with van der Waals surface area (Å²) < 4.78 is 18.2. The van der Waals surface area contributed by atoms with Crippen molar-refractivity contribution >= 4 is 17.4 Å². The first kappa shape index (κ1) is 17.1. The van der Waals surface area contributed by atoms with Gasteiger partial charge in [-0.2, -0.15) is 0 Å². The number of hydrogen-bond acceptors (Lipinski definition) is 4. The van der Waals surface area contributed by atoms with Crippen molar-refractivity contribution in [2.75, 3.05) is 24.6 Å². The number of anilines is 1. The lowest BCUT2D eigenvalue weighted by molar-refractivity contribution is -0.157. The minimum absolute atomic E-state index is 0.0335. The summed E-state index contributed by atoms with van der Waals surface area (Å²) in [7, 11) is 0. The van der Waals surface area contributed by atoms with Gasteiger partial charge < -0.3 is 9.64 Å². The van der Waals surface area contributed by atoms with Crippen molar-refractivity contribution in [3.8, 4) is 0 Å². The van der Waals surface area contributed by atoms with Crippen LogP contribution in [0.2, 0.25) is 0 Å². The lowest BCUT2D eigenvalue weighted by Gasteiger charge is -2.27. The monoisotopic (exact) mass is 295 g/mol.